The third-order valence-electron chi connectivity index (χ3n) is 8.47. The summed E-state index contributed by atoms with van der Waals surface area (Å²) >= 11 is 0. The summed E-state index contributed by atoms with van der Waals surface area (Å²) in [4.78, 5) is 55.4. The Morgan fingerprint density at radius 3 is 2.48 bits per heavy atom. The van der Waals surface area contributed by atoms with Crippen LogP contribution in [0, 0.1) is 0 Å². The van der Waals surface area contributed by atoms with E-state index in [1.807, 2.05) is 37.3 Å². The first-order chi connectivity index (χ1) is 19.4. The van der Waals surface area contributed by atoms with Crippen LogP contribution in [-0.2, 0) is 20.9 Å². The van der Waals surface area contributed by atoms with Gasteiger partial charge in [0.1, 0.15) is 18.2 Å². The molecule has 0 radical (unpaired) electrons. The fourth-order valence-corrected chi connectivity index (χ4v) is 6.15. The lowest BCUT2D eigenvalue weighted by Gasteiger charge is -2.51. The largest absolute Gasteiger partial charge is 0.445 e. The molecule has 2 heterocycles. The van der Waals surface area contributed by atoms with E-state index in [0.717, 1.165) is 37.7 Å². The molecule has 1 aromatic rings. The second kappa shape index (κ2) is 14.4. The van der Waals surface area contributed by atoms with E-state index >= 15 is 0 Å². The number of unbranched alkanes of at least 4 members (excludes halogenated alkanes) is 1. The Bertz CT molecular complexity index is 1010. The van der Waals surface area contributed by atoms with Crippen LogP contribution < -0.4 is 16.0 Å². The van der Waals surface area contributed by atoms with E-state index in [-0.39, 0.29) is 30.5 Å². The first-order valence-corrected chi connectivity index (χ1v) is 15.1. The lowest BCUT2D eigenvalue weighted by atomic mass is 9.81. The summed E-state index contributed by atoms with van der Waals surface area (Å²) < 4.78 is 5.22. The van der Waals surface area contributed by atoms with Gasteiger partial charge in [0.25, 0.3) is 0 Å². The van der Waals surface area contributed by atoms with Crippen molar-refractivity contribution >= 4 is 23.9 Å². The minimum absolute atomic E-state index is 0.0446. The van der Waals surface area contributed by atoms with Crippen molar-refractivity contribution in [3.8, 4) is 0 Å². The molecule has 3 aliphatic rings. The van der Waals surface area contributed by atoms with Crippen molar-refractivity contribution in [2.45, 2.75) is 102 Å². The van der Waals surface area contributed by atoms with Crippen molar-refractivity contribution in [3.63, 3.8) is 0 Å². The molecule has 1 aliphatic carbocycles. The molecule has 2 saturated heterocycles. The Morgan fingerprint density at radius 1 is 1.05 bits per heavy atom. The van der Waals surface area contributed by atoms with Gasteiger partial charge in [0, 0.05) is 32.2 Å². The molecule has 2 aliphatic heterocycles. The fraction of sp³-hybridized carbons (Fsp3) is 0.667. The van der Waals surface area contributed by atoms with Gasteiger partial charge in [-0.1, -0.05) is 56.5 Å². The molecule has 10 nitrogen and oxygen atoms in total. The highest BCUT2D eigenvalue weighted by Crippen LogP contribution is 2.34. The summed E-state index contributed by atoms with van der Waals surface area (Å²) in [6.45, 7) is 4.09. The van der Waals surface area contributed by atoms with Crippen molar-refractivity contribution in [1.29, 1.82) is 0 Å². The molecule has 1 saturated carbocycles. The van der Waals surface area contributed by atoms with E-state index in [1.54, 1.807) is 9.80 Å². The predicted octanol–water partition coefficient (Wildman–Crippen LogP) is 3.70. The van der Waals surface area contributed by atoms with Crippen LogP contribution in [0.2, 0.25) is 0 Å². The monoisotopic (exact) mass is 555 g/mol. The van der Waals surface area contributed by atoms with Crippen LogP contribution in [0.1, 0.15) is 83.1 Å². The van der Waals surface area contributed by atoms with Gasteiger partial charge in [0.05, 0.1) is 0 Å². The summed E-state index contributed by atoms with van der Waals surface area (Å²) in [7, 11) is 0. The van der Waals surface area contributed by atoms with E-state index in [9.17, 15) is 19.2 Å². The molecule has 0 bridgehead atoms. The first kappa shape index (κ1) is 29.7. The number of benzene rings is 1. The number of piperidine rings is 1. The molecule has 5 amide bonds. The number of carbonyl (C=O) groups is 4. The van der Waals surface area contributed by atoms with Crippen LogP contribution in [0.25, 0.3) is 0 Å². The Labute approximate surface area is 237 Å². The second-order valence-corrected chi connectivity index (χ2v) is 11.3. The zero-order valence-electron chi connectivity index (χ0n) is 23.8. The number of alkyl carbamates (subject to hydrolysis) is 1. The lowest BCUT2D eigenvalue weighted by Crippen LogP contribution is -2.73. The number of likely N-dealkylation sites (tertiary alicyclic amines) is 1. The van der Waals surface area contributed by atoms with Gasteiger partial charge in [-0.15, -0.1) is 0 Å². The van der Waals surface area contributed by atoms with Gasteiger partial charge < -0.3 is 30.5 Å². The number of nitrogens with zero attached hydrogens (tertiary/aromatic N) is 2. The Balaban J connectivity index is 1.21. The average molecular weight is 556 g/mol. The third kappa shape index (κ3) is 7.46. The molecule has 3 N–H and O–H groups in total. The highest BCUT2D eigenvalue weighted by molar-refractivity contribution is 6.00. The Morgan fingerprint density at radius 2 is 1.77 bits per heavy atom. The van der Waals surface area contributed by atoms with Gasteiger partial charge in [-0.3, -0.25) is 9.59 Å². The molecule has 1 atom stereocenters. The standard InChI is InChI=1S/C30H45N5O5/c1-2-19-35-26(36)25(15-9-10-18-31-29(39)40-22-23-11-5-3-6-12-23)33-27(37)30(35)16-20-34(21-17-30)28(38)32-24-13-7-4-8-14-24/h3,5-6,11-12,24-25H,2,4,7-10,13-22H2,1H3,(H,31,39)(H,32,38)(H,33,37)/t25-/m0/s1. The lowest BCUT2D eigenvalue weighted by molar-refractivity contribution is -0.161. The maximum absolute atomic E-state index is 13.5. The molecular weight excluding hydrogens is 510 g/mol. The molecule has 220 valence electrons. The van der Waals surface area contributed by atoms with Gasteiger partial charge in [-0.25, -0.2) is 9.59 Å². The van der Waals surface area contributed by atoms with Crippen LogP contribution in [0.3, 0.4) is 0 Å². The van der Waals surface area contributed by atoms with Crippen LogP contribution in [-0.4, -0.2) is 77.5 Å². The highest BCUT2D eigenvalue weighted by atomic mass is 16.5. The molecule has 0 unspecified atom stereocenters. The zero-order chi connectivity index (χ0) is 28.4. The number of hydrogen-bond acceptors (Lipinski definition) is 5. The highest BCUT2D eigenvalue weighted by Gasteiger charge is 2.53. The van der Waals surface area contributed by atoms with Crippen LogP contribution in [0.15, 0.2) is 30.3 Å². The van der Waals surface area contributed by atoms with Crippen LogP contribution in [0.5, 0.6) is 0 Å². The SMILES string of the molecule is CCCN1C(=O)[C@H](CCCCNC(=O)OCc2ccccc2)NC(=O)C12CCN(C(=O)NC1CCCCC1)CC2. The smallest absolute Gasteiger partial charge is 0.407 e. The average Bonchev–Trinajstić information content (AvgIpc) is 2.98. The van der Waals surface area contributed by atoms with Crippen molar-refractivity contribution in [1.82, 2.24) is 25.8 Å². The maximum Gasteiger partial charge on any atom is 0.407 e. The minimum atomic E-state index is -0.894. The number of urea groups is 1. The van der Waals surface area contributed by atoms with Gasteiger partial charge in [-0.05, 0) is 56.9 Å². The number of carbonyl (C=O) groups excluding carboxylic acids is 4. The van der Waals surface area contributed by atoms with E-state index < -0.39 is 17.7 Å². The normalized spacial score (nSPS) is 21.2. The predicted molar refractivity (Wildman–Crippen MR) is 151 cm³/mol. The van der Waals surface area contributed by atoms with Crippen molar-refractivity contribution in [2.75, 3.05) is 26.2 Å². The summed E-state index contributed by atoms with van der Waals surface area (Å²) in [6, 6.07) is 9.11. The molecule has 0 aromatic heterocycles. The molecule has 1 spiro atoms. The molecule has 1 aromatic carbocycles. The summed E-state index contributed by atoms with van der Waals surface area (Å²) in [5, 5.41) is 8.92. The van der Waals surface area contributed by atoms with Gasteiger partial charge >= 0.3 is 12.1 Å². The van der Waals surface area contributed by atoms with E-state index in [4.69, 9.17) is 4.74 Å². The number of piperazine rings is 1. The number of ether oxygens (including phenoxy) is 1. The zero-order valence-corrected chi connectivity index (χ0v) is 23.8. The molecule has 3 fully saturated rings. The quantitative estimate of drug-likeness (QED) is 0.381. The summed E-state index contributed by atoms with van der Waals surface area (Å²) in [5.41, 5.74) is 0.0296. The van der Waals surface area contributed by atoms with Gasteiger partial charge in [0.15, 0.2) is 0 Å². The van der Waals surface area contributed by atoms with Gasteiger partial charge in [-0.2, -0.15) is 0 Å². The number of amides is 5. The Kier molecular flexibility index (Phi) is 10.7. The van der Waals surface area contributed by atoms with Gasteiger partial charge in [0.2, 0.25) is 11.8 Å². The van der Waals surface area contributed by atoms with E-state index in [2.05, 4.69) is 16.0 Å². The molecule has 4 rings (SSSR count). The van der Waals surface area contributed by atoms with Crippen LogP contribution >= 0.6 is 0 Å². The van der Waals surface area contributed by atoms with Crippen LogP contribution in [0.4, 0.5) is 9.59 Å². The Hall–Kier alpha value is -3.30. The van der Waals surface area contributed by atoms with Crippen molar-refractivity contribution in [2.24, 2.45) is 0 Å². The third-order valence-corrected chi connectivity index (χ3v) is 8.47. The van der Waals surface area contributed by atoms with Crippen molar-refractivity contribution in [3.05, 3.63) is 35.9 Å². The van der Waals surface area contributed by atoms with E-state index in [1.165, 1.54) is 6.42 Å². The second-order valence-electron chi connectivity index (χ2n) is 11.3. The molecule has 40 heavy (non-hydrogen) atoms. The first-order valence-electron chi connectivity index (χ1n) is 15.1. The number of nitrogens with one attached hydrogen (secondary N) is 3. The molecular formula is C30H45N5O5. The maximum atomic E-state index is 13.5. The molecule has 10 heteroatoms. The number of hydrogen-bond donors (Lipinski definition) is 3. The summed E-state index contributed by atoms with van der Waals surface area (Å²) in [6.07, 6.45) is 8.64. The fourth-order valence-electron chi connectivity index (χ4n) is 6.15. The number of rotatable bonds is 10. The summed E-state index contributed by atoms with van der Waals surface area (Å²) in [5.74, 6) is -0.155. The van der Waals surface area contributed by atoms with Crippen molar-refractivity contribution < 1.29 is 23.9 Å². The minimum Gasteiger partial charge on any atom is -0.445 e. The topological polar surface area (TPSA) is 120 Å². The van der Waals surface area contributed by atoms with E-state index in [0.29, 0.717) is 58.3 Å².